The third-order valence-electron chi connectivity index (χ3n) is 4.87. The van der Waals surface area contributed by atoms with Gasteiger partial charge in [-0.05, 0) is 27.2 Å². The summed E-state index contributed by atoms with van der Waals surface area (Å²) < 4.78 is 28.2. The largest absolute Gasteiger partial charge is 0.336 e. The molecule has 1 amide bonds. The number of hydrogen-bond acceptors (Lipinski definition) is 6. The van der Waals surface area contributed by atoms with Crippen molar-refractivity contribution >= 4 is 27.3 Å². The van der Waals surface area contributed by atoms with Gasteiger partial charge in [-0.3, -0.25) is 4.79 Å². The molecule has 1 fully saturated rings. The Hall–Kier alpha value is -1.78. The summed E-state index contributed by atoms with van der Waals surface area (Å²) in [5, 5.41) is 0.861. The van der Waals surface area contributed by atoms with Crippen LogP contribution in [0.1, 0.15) is 32.6 Å². The third-order valence-corrected chi connectivity index (χ3v) is 7.26. The number of thiazole rings is 1. The van der Waals surface area contributed by atoms with Crippen molar-refractivity contribution in [2.45, 2.75) is 39.8 Å². The number of aryl methyl sites for hydroxylation is 3. The fourth-order valence-corrected chi connectivity index (χ4v) is 5.51. The molecule has 27 heavy (non-hydrogen) atoms. The van der Waals surface area contributed by atoms with Gasteiger partial charge in [-0.15, -0.1) is 11.3 Å². The van der Waals surface area contributed by atoms with Crippen LogP contribution in [0.15, 0.2) is 12.4 Å². The molecule has 10 heteroatoms. The van der Waals surface area contributed by atoms with Gasteiger partial charge in [-0.1, -0.05) is 0 Å². The molecule has 3 heterocycles. The molecule has 1 unspecified atom stereocenters. The van der Waals surface area contributed by atoms with E-state index in [0.29, 0.717) is 37.5 Å². The van der Waals surface area contributed by atoms with Crippen LogP contribution in [0.3, 0.4) is 0 Å². The minimum absolute atomic E-state index is 0.0560. The maximum Gasteiger partial charge on any atom is 0.265 e. The summed E-state index contributed by atoms with van der Waals surface area (Å²) in [5.74, 6) is 0.794. The van der Waals surface area contributed by atoms with Crippen LogP contribution in [-0.4, -0.2) is 70.0 Å². The van der Waals surface area contributed by atoms with E-state index in [1.54, 1.807) is 11.1 Å². The zero-order valence-corrected chi connectivity index (χ0v) is 17.7. The van der Waals surface area contributed by atoms with Gasteiger partial charge >= 0.3 is 0 Å². The van der Waals surface area contributed by atoms with Crippen molar-refractivity contribution in [1.82, 2.24) is 23.7 Å². The van der Waals surface area contributed by atoms with Crippen molar-refractivity contribution in [1.29, 1.82) is 0 Å². The Morgan fingerprint density at radius 2 is 2.11 bits per heavy atom. The Kier molecular flexibility index (Phi) is 5.68. The fourth-order valence-electron chi connectivity index (χ4n) is 3.50. The topological polar surface area (TPSA) is 88.4 Å². The highest BCUT2D eigenvalue weighted by Gasteiger charge is 2.35. The van der Waals surface area contributed by atoms with Crippen LogP contribution in [0.5, 0.6) is 0 Å². The molecular formula is C17H25N5O3S2. The summed E-state index contributed by atoms with van der Waals surface area (Å²) in [6.45, 7) is 7.46. The second kappa shape index (κ2) is 7.69. The van der Waals surface area contributed by atoms with E-state index in [1.165, 1.54) is 21.9 Å². The number of likely N-dealkylation sites (tertiary alicyclic amines) is 1. The predicted molar refractivity (Wildman–Crippen MR) is 104 cm³/mol. The van der Waals surface area contributed by atoms with Crippen molar-refractivity contribution in [3.05, 3.63) is 33.8 Å². The highest BCUT2D eigenvalue weighted by Crippen LogP contribution is 2.24. The van der Waals surface area contributed by atoms with E-state index in [1.807, 2.05) is 31.5 Å². The summed E-state index contributed by atoms with van der Waals surface area (Å²) >= 11 is 1.39. The van der Waals surface area contributed by atoms with E-state index in [4.69, 9.17) is 0 Å². The maximum atomic E-state index is 12.8. The van der Waals surface area contributed by atoms with Crippen LogP contribution < -0.4 is 0 Å². The minimum atomic E-state index is -3.38. The average Bonchev–Trinajstić information content (AvgIpc) is 3.27. The highest BCUT2D eigenvalue weighted by atomic mass is 32.2. The van der Waals surface area contributed by atoms with Crippen molar-refractivity contribution in [3.8, 4) is 0 Å². The molecule has 0 N–H and O–H groups in total. The van der Waals surface area contributed by atoms with Gasteiger partial charge in [0.1, 0.15) is 10.7 Å². The van der Waals surface area contributed by atoms with E-state index in [0.717, 1.165) is 16.5 Å². The van der Waals surface area contributed by atoms with Crippen molar-refractivity contribution < 1.29 is 13.2 Å². The normalized spacial score (nSPS) is 17.8. The number of hydrogen-bond donors (Lipinski definition) is 0. The van der Waals surface area contributed by atoms with Crippen LogP contribution in [0, 0.1) is 20.8 Å². The first-order valence-corrected chi connectivity index (χ1v) is 11.5. The van der Waals surface area contributed by atoms with Crippen molar-refractivity contribution in [2.75, 3.05) is 25.9 Å². The zero-order valence-electron chi connectivity index (χ0n) is 16.0. The number of carbonyl (C=O) groups excluding carboxylic acids is 1. The summed E-state index contributed by atoms with van der Waals surface area (Å²) in [6.07, 6.45) is 5.41. The van der Waals surface area contributed by atoms with Gasteiger partial charge in [0.25, 0.3) is 5.91 Å². The van der Waals surface area contributed by atoms with Crippen molar-refractivity contribution in [2.24, 2.45) is 0 Å². The van der Waals surface area contributed by atoms with E-state index >= 15 is 0 Å². The lowest BCUT2D eigenvalue weighted by Crippen LogP contribution is -2.43. The lowest BCUT2D eigenvalue weighted by atomic mass is 10.2. The monoisotopic (exact) mass is 411 g/mol. The standard InChI is InChI=1S/C17H25N5O3S2/c1-12-16(26-14(3)19-12)17(23)21-7-5-15(11-21)22(27(4,24)25)10-9-20-8-6-18-13(20)2/h6,8,15H,5,7,9-11H2,1-4H3. The Bertz CT molecular complexity index is 934. The van der Waals surface area contributed by atoms with Gasteiger partial charge in [0.15, 0.2) is 0 Å². The van der Waals surface area contributed by atoms with Crippen LogP contribution in [0.4, 0.5) is 0 Å². The Labute approximate surface area is 163 Å². The molecular weight excluding hydrogens is 386 g/mol. The first kappa shape index (κ1) is 20.0. The molecule has 1 aliphatic heterocycles. The quantitative estimate of drug-likeness (QED) is 0.718. The molecule has 3 rings (SSSR count). The van der Waals surface area contributed by atoms with Gasteiger partial charge in [-0.25, -0.2) is 18.4 Å². The van der Waals surface area contributed by atoms with E-state index in [2.05, 4.69) is 9.97 Å². The molecule has 2 aromatic rings. The average molecular weight is 412 g/mol. The molecule has 1 saturated heterocycles. The fraction of sp³-hybridized carbons (Fsp3) is 0.588. The van der Waals surface area contributed by atoms with Crippen LogP contribution in [-0.2, 0) is 16.6 Å². The lowest BCUT2D eigenvalue weighted by molar-refractivity contribution is 0.0788. The summed E-state index contributed by atoms with van der Waals surface area (Å²) in [6, 6.07) is -0.206. The van der Waals surface area contributed by atoms with Crippen LogP contribution in [0.2, 0.25) is 0 Å². The molecule has 0 saturated carbocycles. The number of rotatable bonds is 6. The third kappa shape index (κ3) is 4.39. The van der Waals surface area contributed by atoms with Crippen molar-refractivity contribution in [3.63, 3.8) is 0 Å². The number of imidazole rings is 1. The maximum absolute atomic E-state index is 12.8. The SMILES string of the molecule is Cc1nc(C)c(C(=O)N2CCC(N(CCn3ccnc3C)S(C)(=O)=O)C2)s1. The minimum Gasteiger partial charge on any atom is -0.336 e. The zero-order chi connectivity index (χ0) is 19.8. The molecule has 0 aromatic carbocycles. The van der Waals surface area contributed by atoms with Crippen LogP contribution in [0.25, 0.3) is 0 Å². The second-order valence-electron chi connectivity index (χ2n) is 6.88. The summed E-state index contributed by atoms with van der Waals surface area (Å²) in [4.78, 5) is 23.7. The number of nitrogens with zero attached hydrogens (tertiary/aromatic N) is 5. The molecule has 0 radical (unpaired) electrons. The highest BCUT2D eigenvalue weighted by molar-refractivity contribution is 7.88. The Morgan fingerprint density at radius 3 is 2.67 bits per heavy atom. The lowest BCUT2D eigenvalue weighted by Gasteiger charge is -2.27. The summed E-state index contributed by atoms with van der Waals surface area (Å²) in [7, 11) is -3.38. The molecule has 0 spiro atoms. The van der Waals surface area contributed by atoms with E-state index < -0.39 is 10.0 Å². The summed E-state index contributed by atoms with van der Waals surface area (Å²) in [5.41, 5.74) is 0.738. The molecule has 1 aliphatic rings. The van der Waals surface area contributed by atoms with Gasteiger partial charge in [0.2, 0.25) is 10.0 Å². The predicted octanol–water partition coefficient (Wildman–Crippen LogP) is 1.44. The number of amides is 1. The van der Waals surface area contributed by atoms with E-state index in [9.17, 15) is 13.2 Å². The molecule has 1 atom stereocenters. The second-order valence-corrected chi connectivity index (χ2v) is 10.0. The smallest absolute Gasteiger partial charge is 0.265 e. The molecule has 2 aromatic heterocycles. The van der Waals surface area contributed by atoms with Crippen LogP contribution >= 0.6 is 11.3 Å². The van der Waals surface area contributed by atoms with Gasteiger partial charge in [0, 0.05) is 44.6 Å². The first-order valence-electron chi connectivity index (χ1n) is 8.84. The number of aromatic nitrogens is 3. The van der Waals surface area contributed by atoms with Gasteiger partial charge in [0.05, 0.1) is 17.0 Å². The number of sulfonamides is 1. The van der Waals surface area contributed by atoms with Gasteiger partial charge < -0.3 is 9.47 Å². The molecule has 148 valence electrons. The molecule has 0 aliphatic carbocycles. The first-order chi connectivity index (χ1) is 12.7. The van der Waals surface area contributed by atoms with E-state index in [-0.39, 0.29) is 11.9 Å². The Morgan fingerprint density at radius 1 is 1.37 bits per heavy atom. The number of carbonyl (C=O) groups is 1. The molecule has 8 nitrogen and oxygen atoms in total. The van der Waals surface area contributed by atoms with Gasteiger partial charge in [-0.2, -0.15) is 4.31 Å². The molecule has 0 bridgehead atoms. The Balaban J connectivity index is 1.70.